The Morgan fingerprint density at radius 1 is 1.21 bits per heavy atom. The molecule has 0 saturated heterocycles. The lowest BCUT2D eigenvalue weighted by Crippen LogP contribution is -2.20. The van der Waals surface area contributed by atoms with Crippen LogP contribution in [0.1, 0.15) is 31.9 Å². The first kappa shape index (κ1) is 21.8. The third-order valence-corrected chi connectivity index (χ3v) is 7.06. The van der Waals surface area contributed by atoms with Gasteiger partial charge in [-0.2, -0.15) is 10.1 Å². The zero-order valence-corrected chi connectivity index (χ0v) is 19.8. The summed E-state index contributed by atoms with van der Waals surface area (Å²) in [6.45, 7) is 6.62. The van der Waals surface area contributed by atoms with Crippen LogP contribution >= 0.6 is 11.9 Å². The summed E-state index contributed by atoms with van der Waals surface area (Å²) in [6, 6.07) is 10.0. The van der Waals surface area contributed by atoms with Crippen LogP contribution in [0.4, 0.5) is 5.95 Å². The minimum atomic E-state index is -0.0334. The Bertz CT molecular complexity index is 1260. The number of fused-ring (bicyclic) bond motifs is 2. The number of hydrogen-bond acceptors (Lipinski definition) is 7. The number of aromatic nitrogens is 4. The normalized spacial score (nSPS) is 15.5. The molecule has 4 heterocycles. The SMILES string of the molecule is COCCn1cc(-c2ccc3c(c2)OCCC2=C3CN(c3ncnn3C(C)C)S2)ccc1=O. The molecule has 0 unspecified atom stereocenters. The average Bonchev–Trinajstić information content (AvgIpc) is 3.43. The molecule has 2 aromatic heterocycles. The maximum absolute atomic E-state index is 12.2. The van der Waals surface area contributed by atoms with Crippen molar-refractivity contribution in [3.05, 3.63) is 63.7 Å². The summed E-state index contributed by atoms with van der Waals surface area (Å²) in [7, 11) is 1.64. The Hall–Kier alpha value is -3.04. The van der Waals surface area contributed by atoms with Crippen LogP contribution in [0.25, 0.3) is 16.7 Å². The van der Waals surface area contributed by atoms with Gasteiger partial charge in [-0.1, -0.05) is 12.1 Å². The third kappa shape index (κ3) is 4.18. The standard InChI is InChI=1S/C24H27N5O3S/c1-16(2)29-24(25-15-26-29)28-14-20-19-6-4-17(12-21(19)32-10-8-22(20)33-28)18-5-7-23(30)27(13-18)9-11-31-3/h4-7,12-13,15-16H,8-11,14H2,1-3H3. The van der Waals surface area contributed by atoms with Gasteiger partial charge in [-0.25, -0.2) is 4.68 Å². The fourth-order valence-corrected chi connectivity index (χ4v) is 5.30. The Labute approximate surface area is 197 Å². The topological polar surface area (TPSA) is 74.4 Å². The first-order valence-corrected chi connectivity index (χ1v) is 11.9. The average molecular weight is 466 g/mol. The van der Waals surface area contributed by atoms with E-state index < -0.39 is 0 Å². The van der Waals surface area contributed by atoms with Crippen LogP contribution in [0.3, 0.4) is 0 Å². The van der Waals surface area contributed by atoms with E-state index in [0.717, 1.165) is 41.4 Å². The highest BCUT2D eigenvalue weighted by atomic mass is 32.2. The quantitative estimate of drug-likeness (QED) is 0.510. The highest BCUT2D eigenvalue weighted by Gasteiger charge is 2.31. The monoisotopic (exact) mass is 465 g/mol. The summed E-state index contributed by atoms with van der Waals surface area (Å²) in [4.78, 5) is 18.0. The smallest absolute Gasteiger partial charge is 0.250 e. The Kier molecular flexibility index (Phi) is 5.99. The van der Waals surface area contributed by atoms with Crippen molar-refractivity contribution in [3.63, 3.8) is 0 Å². The van der Waals surface area contributed by atoms with Crippen LogP contribution in [-0.2, 0) is 11.3 Å². The minimum absolute atomic E-state index is 0.0334. The van der Waals surface area contributed by atoms with Crippen LogP contribution in [-0.4, -0.2) is 46.2 Å². The lowest BCUT2D eigenvalue weighted by molar-refractivity contribution is 0.186. The molecular weight excluding hydrogens is 438 g/mol. The van der Waals surface area contributed by atoms with Gasteiger partial charge in [0.1, 0.15) is 12.1 Å². The second kappa shape index (κ2) is 9.07. The van der Waals surface area contributed by atoms with Crippen molar-refractivity contribution in [3.8, 4) is 16.9 Å². The molecule has 0 spiro atoms. The van der Waals surface area contributed by atoms with Crippen molar-refractivity contribution in [1.82, 2.24) is 19.3 Å². The predicted octanol–water partition coefficient (Wildman–Crippen LogP) is 4.00. The summed E-state index contributed by atoms with van der Waals surface area (Å²) in [5.74, 6) is 1.75. The van der Waals surface area contributed by atoms with Gasteiger partial charge in [0.05, 0.1) is 25.8 Å². The number of hydrogen-bond donors (Lipinski definition) is 0. The van der Waals surface area contributed by atoms with Crippen LogP contribution in [0.15, 0.2) is 52.6 Å². The Morgan fingerprint density at radius 3 is 2.88 bits per heavy atom. The van der Waals surface area contributed by atoms with Gasteiger partial charge >= 0.3 is 0 Å². The van der Waals surface area contributed by atoms with Crippen LogP contribution in [0, 0.1) is 0 Å². The fraction of sp³-hybridized carbons (Fsp3) is 0.375. The van der Waals surface area contributed by atoms with Gasteiger partial charge in [-0.15, -0.1) is 0 Å². The van der Waals surface area contributed by atoms with Crippen molar-refractivity contribution in [2.45, 2.75) is 32.9 Å². The van der Waals surface area contributed by atoms with E-state index in [4.69, 9.17) is 9.47 Å². The molecule has 5 rings (SSSR count). The largest absolute Gasteiger partial charge is 0.493 e. The summed E-state index contributed by atoms with van der Waals surface area (Å²) in [5.41, 5.74) is 4.36. The molecule has 0 atom stereocenters. The van der Waals surface area contributed by atoms with Crippen molar-refractivity contribution in [2.75, 3.05) is 31.2 Å². The van der Waals surface area contributed by atoms with E-state index in [1.54, 1.807) is 36.0 Å². The number of methoxy groups -OCH3 is 1. The Morgan fingerprint density at radius 2 is 2.06 bits per heavy atom. The second-order valence-electron chi connectivity index (χ2n) is 8.38. The molecule has 0 radical (unpaired) electrons. The van der Waals surface area contributed by atoms with E-state index in [1.165, 1.54) is 10.5 Å². The van der Waals surface area contributed by atoms with Gasteiger partial charge in [-0.3, -0.25) is 9.10 Å². The molecule has 9 heteroatoms. The number of anilines is 1. The van der Waals surface area contributed by atoms with Gasteiger partial charge < -0.3 is 14.0 Å². The molecule has 0 saturated carbocycles. The molecule has 8 nitrogen and oxygen atoms in total. The molecule has 0 N–H and O–H groups in total. The number of nitrogens with zero attached hydrogens (tertiary/aromatic N) is 5. The minimum Gasteiger partial charge on any atom is -0.493 e. The van der Waals surface area contributed by atoms with E-state index in [2.05, 4.69) is 46.4 Å². The van der Waals surface area contributed by atoms with E-state index in [9.17, 15) is 4.79 Å². The molecule has 3 aromatic rings. The number of benzene rings is 1. The molecule has 2 aliphatic heterocycles. The number of ether oxygens (including phenoxy) is 2. The van der Waals surface area contributed by atoms with Crippen molar-refractivity contribution in [1.29, 1.82) is 0 Å². The van der Waals surface area contributed by atoms with E-state index >= 15 is 0 Å². The predicted molar refractivity (Wildman–Crippen MR) is 130 cm³/mol. The van der Waals surface area contributed by atoms with Crippen LogP contribution in [0.2, 0.25) is 0 Å². The molecule has 1 aromatic carbocycles. The maximum Gasteiger partial charge on any atom is 0.250 e. The number of rotatable bonds is 6. The van der Waals surface area contributed by atoms with Crippen molar-refractivity contribution < 1.29 is 9.47 Å². The van der Waals surface area contributed by atoms with E-state index in [0.29, 0.717) is 19.8 Å². The molecule has 2 aliphatic rings. The molecule has 0 amide bonds. The summed E-state index contributed by atoms with van der Waals surface area (Å²) >= 11 is 1.73. The summed E-state index contributed by atoms with van der Waals surface area (Å²) in [5, 5.41) is 4.39. The maximum atomic E-state index is 12.2. The van der Waals surface area contributed by atoms with Gasteiger partial charge in [-0.05, 0) is 54.6 Å². The Balaban J connectivity index is 1.45. The highest BCUT2D eigenvalue weighted by Crippen LogP contribution is 2.46. The van der Waals surface area contributed by atoms with Gasteiger partial charge in [0.25, 0.3) is 5.56 Å². The van der Waals surface area contributed by atoms with Crippen molar-refractivity contribution in [2.24, 2.45) is 0 Å². The zero-order valence-electron chi connectivity index (χ0n) is 19.0. The molecule has 0 aliphatic carbocycles. The zero-order chi connectivity index (χ0) is 22.9. The highest BCUT2D eigenvalue weighted by molar-refractivity contribution is 8.04. The fourth-order valence-electron chi connectivity index (χ4n) is 4.17. The molecule has 33 heavy (non-hydrogen) atoms. The molecule has 172 valence electrons. The van der Waals surface area contributed by atoms with Crippen molar-refractivity contribution >= 4 is 23.5 Å². The lowest BCUT2D eigenvalue weighted by atomic mass is 9.99. The lowest BCUT2D eigenvalue weighted by Gasteiger charge is -2.20. The number of pyridine rings is 1. The van der Waals surface area contributed by atoms with Crippen LogP contribution < -0.4 is 14.6 Å². The third-order valence-electron chi connectivity index (χ3n) is 5.87. The van der Waals surface area contributed by atoms with Gasteiger partial charge in [0.15, 0.2) is 0 Å². The molecule has 0 fully saturated rings. The first-order valence-electron chi connectivity index (χ1n) is 11.1. The van der Waals surface area contributed by atoms with Crippen LogP contribution in [0.5, 0.6) is 5.75 Å². The van der Waals surface area contributed by atoms with Gasteiger partial charge in [0, 0.05) is 42.8 Å². The van der Waals surface area contributed by atoms with E-state index in [-0.39, 0.29) is 11.6 Å². The first-order chi connectivity index (χ1) is 16.0. The summed E-state index contributed by atoms with van der Waals surface area (Å²) in [6.07, 6.45) is 4.36. The van der Waals surface area contributed by atoms with E-state index in [1.807, 2.05) is 16.9 Å². The second-order valence-corrected chi connectivity index (χ2v) is 9.50. The molecular formula is C24H27N5O3S. The van der Waals surface area contributed by atoms with Gasteiger partial charge in [0.2, 0.25) is 5.95 Å². The molecule has 0 bridgehead atoms. The summed E-state index contributed by atoms with van der Waals surface area (Å²) < 4.78 is 17.1.